The van der Waals surface area contributed by atoms with Crippen LogP contribution in [-0.2, 0) is 10.0 Å². The highest BCUT2D eigenvalue weighted by atomic mass is 32.2. The number of halogens is 2. The average Bonchev–Trinajstić information content (AvgIpc) is 3.40. The normalized spacial score (nSPS) is 16.3. The number of sulfonamides is 1. The molecule has 0 saturated carbocycles. The first-order chi connectivity index (χ1) is 19.9. The third kappa shape index (κ3) is 5.67. The number of nitrogens with zero attached hydrogens (tertiary/aromatic N) is 6. The van der Waals surface area contributed by atoms with Crippen molar-refractivity contribution in [2.24, 2.45) is 0 Å². The van der Waals surface area contributed by atoms with Crippen molar-refractivity contribution in [3.63, 3.8) is 0 Å². The van der Waals surface area contributed by atoms with Crippen LogP contribution >= 0.6 is 11.3 Å². The molecule has 220 valence electrons. The van der Waals surface area contributed by atoms with Gasteiger partial charge in [-0.05, 0) is 48.4 Å². The maximum Gasteiger partial charge on any atom is 0.211 e. The Labute approximate surface area is 247 Å². The van der Waals surface area contributed by atoms with Crippen LogP contribution in [0.4, 0.5) is 25.3 Å². The highest BCUT2D eigenvalue weighted by molar-refractivity contribution is 7.88. The van der Waals surface area contributed by atoms with Crippen LogP contribution in [0.5, 0.6) is 0 Å². The number of thiazole rings is 1. The number of piperazine rings is 1. The lowest BCUT2D eigenvalue weighted by Gasteiger charge is -2.41. The molecule has 1 N–H and O–H groups in total. The Morgan fingerprint density at radius 3 is 2.50 bits per heavy atom. The molecule has 9 nitrogen and oxygen atoms in total. The number of hydrogen-bond acceptors (Lipinski definition) is 9. The molecule has 13 heteroatoms. The van der Waals surface area contributed by atoms with Gasteiger partial charge in [-0.1, -0.05) is 25.2 Å². The lowest BCUT2D eigenvalue weighted by Crippen LogP contribution is -2.56. The number of anilines is 3. The van der Waals surface area contributed by atoms with E-state index >= 15 is 4.39 Å². The Balaban J connectivity index is 1.62. The lowest BCUT2D eigenvalue weighted by atomic mass is 10.0. The number of aliphatic hydroxyl groups is 1. The molecule has 1 aliphatic rings. The Bertz CT molecular complexity index is 1790. The SMILES string of the molecule is CC(C)c1cc(N(C)c2nc(-c3ccc(F)cc3)c(C#N)s2)c2cc(N3CCN(S(C)(=O)=O)C[C@@H]3CO)cc(F)c2n1. The van der Waals surface area contributed by atoms with Crippen LogP contribution in [0.1, 0.15) is 30.3 Å². The van der Waals surface area contributed by atoms with Gasteiger partial charge in [-0.25, -0.2) is 27.2 Å². The number of aromatic nitrogens is 2. The molecule has 0 aliphatic carbocycles. The Kier molecular flexibility index (Phi) is 8.17. The maximum atomic E-state index is 15.8. The summed E-state index contributed by atoms with van der Waals surface area (Å²) in [5.74, 6) is -0.955. The number of fused-ring (bicyclic) bond motifs is 1. The molecule has 5 rings (SSSR count). The van der Waals surface area contributed by atoms with Gasteiger partial charge in [0.05, 0.1) is 24.6 Å². The molecule has 1 saturated heterocycles. The third-order valence-corrected chi connectivity index (χ3v) is 9.69. The van der Waals surface area contributed by atoms with Crippen molar-refractivity contribution < 1.29 is 22.3 Å². The minimum absolute atomic E-state index is 0.00999. The zero-order valence-electron chi connectivity index (χ0n) is 23.5. The summed E-state index contributed by atoms with van der Waals surface area (Å²) in [6.45, 7) is 4.15. The summed E-state index contributed by atoms with van der Waals surface area (Å²) in [5.41, 5.74) is 2.96. The quantitative estimate of drug-likeness (QED) is 0.316. The van der Waals surface area contributed by atoms with Crippen molar-refractivity contribution in [2.75, 3.05) is 49.3 Å². The fourth-order valence-corrected chi connectivity index (χ4v) is 6.79. The third-order valence-electron chi connectivity index (χ3n) is 7.38. The van der Waals surface area contributed by atoms with Gasteiger partial charge in [-0.15, -0.1) is 0 Å². The molecule has 3 heterocycles. The van der Waals surface area contributed by atoms with Crippen LogP contribution in [0, 0.1) is 23.0 Å². The van der Waals surface area contributed by atoms with Gasteiger partial charge in [0.1, 0.15) is 28.0 Å². The molecular weight excluding hydrogens is 582 g/mol. The topological polar surface area (TPSA) is 114 Å². The van der Waals surface area contributed by atoms with E-state index in [1.807, 2.05) is 24.8 Å². The molecule has 2 aromatic heterocycles. The summed E-state index contributed by atoms with van der Waals surface area (Å²) in [6, 6.07) is 12.4. The minimum Gasteiger partial charge on any atom is -0.394 e. The number of hydrogen-bond donors (Lipinski definition) is 1. The molecule has 0 radical (unpaired) electrons. The van der Waals surface area contributed by atoms with Gasteiger partial charge in [-0.2, -0.15) is 9.57 Å². The molecule has 42 heavy (non-hydrogen) atoms. The summed E-state index contributed by atoms with van der Waals surface area (Å²) < 4.78 is 54.9. The van der Waals surface area contributed by atoms with Gasteiger partial charge in [0.15, 0.2) is 10.9 Å². The molecule has 1 aliphatic heterocycles. The first-order valence-corrected chi connectivity index (χ1v) is 15.9. The van der Waals surface area contributed by atoms with Crippen LogP contribution in [0.25, 0.3) is 22.2 Å². The van der Waals surface area contributed by atoms with E-state index in [4.69, 9.17) is 4.98 Å². The summed E-state index contributed by atoms with van der Waals surface area (Å²) in [6.07, 6.45) is 1.13. The summed E-state index contributed by atoms with van der Waals surface area (Å²) in [5, 5.41) is 20.9. The molecule has 1 atom stereocenters. The monoisotopic (exact) mass is 612 g/mol. The first kappa shape index (κ1) is 29.8. The number of benzene rings is 2. The molecule has 0 unspecified atom stereocenters. The van der Waals surface area contributed by atoms with Gasteiger partial charge in [-0.3, -0.25) is 0 Å². The number of aliphatic hydroxyl groups excluding tert-OH is 1. The van der Waals surface area contributed by atoms with E-state index in [0.29, 0.717) is 43.7 Å². The van der Waals surface area contributed by atoms with E-state index in [0.717, 1.165) is 6.26 Å². The highest BCUT2D eigenvalue weighted by Gasteiger charge is 2.32. The predicted octanol–water partition coefficient (Wildman–Crippen LogP) is 4.84. The lowest BCUT2D eigenvalue weighted by molar-refractivity contribution is 0.218. The molecule has 0 bridgehead atoms. The summed E-state index contributed by atoms with van der Waals surface area (Å²) in [7, 11) is -1.67. The van der Waals surface area contributed by atoms with E-state index in [9.17, 15) is 23.2 Å². The molecule has 1 fully saturated rings. The van der Waals surface area contributed by atoms with Crippen LogP contribution in [0.3, 0.4) is 0 Å². The van der Waals surface area contributed by atoms with E-state index in [2.05, 4.69) is 11.1 Å². The molecular formula is C29H30F2N6O3S2. The van der Waals surface area contributed by atoms with E-state index in [1.54, 1.807) is 30.1 Å². The summed E-state index contributed by atoms with van der Waals surface area (Å²) >= 11 is 1.17. The van der Waals surface area contributed by atoms with Crippen molar-refractivity contribution in [1.82, 2.24) is 14.3 Å². The fourth-order valence-electron chi connectivity index (χ4n) is 5.07. The predicted molar refractivity (Wildman–Crippen MR) is 161 cm³/mol. The number of nitriles is 1. The van der Waals surface area contributed by atoms with Crippen LogP contribution in [0.2, 0.25) is 0 Å². The zero-order valence-corrected chi connectivity index (χ0v) is 25.2. The fraction of sp³-hybridized carbons (Fsp3) is 0.345. The summed E-state index contributed by atoms with van der Waals surface area (Å²) in [4.78, 5) is 13.3. The average molecular weight is 613 g/mol. The molecule has 4 aromatic rings. The Morgan fingerprint density at radius 1 is 1.17 bits per heavy atom. The molecule has 0 amide bonds. The van der Waals surface area contributed by atoms with Gasteiger partial charge in [0.25, 0.3) is 0 Å². The van der Waals surface area contributed by atoms with E-state index in [1.165, 1.54) is 33.8 Å². The van der Waals surface area contributed by atoms with Crippen LogP contribution in [-0.4, -0.2) is 73.4 Å². The standard InChI is InChI=1S/C29H30F2N6O3S2/c1-17(2)24-13-25(35(3)29-34-27(26(14-32)41-29)18-5-7-19(30)8-6-18)22-11-20(12-23(31)28(22)33-24)37-10-9-36(42(4,39)40)15-21(37)16-38/h5-8,11-13,17,21,38H,9-10,15-16H2,1-4H3/t21-/m1/s1. The second kappa shape index (κ2) is 11.5. The van der Waals surface area contributed by atoms with Crippen LogP contribution in [0.15, 0.2) is 42.5 Å². The smallest absolute Gasteiger partial charge is 0.211 e. The van der Waals surface area contributed by atoms with Crippen molar-refractivity contribution in [1.29, 1.82) is 5.26 Å². The minimum atomic E-state index is -3.45. The molecule has 0 spiro atoms. The van der Waals surface area contributed by atoms with Crippen molar-refractivity contribution in [3.05, 3.63) is 64.7 Å². The Hall–Kier alpha value is -3.70. The second-order valence-electron chi connectivity index (χ2n) is 10.5. The van der Waals surface area contributed by atoms with Gasteiger partial charge in [0, 0.05) is 49.0 Å². The van der Waals surface area contributed by atoms with Crippen LogP contribution < -0.4 is 9.80 Å². The molecule has 2 aromatic carbocycles. The number of rotatable bonds is 7. The van der Waals surface area contributed by atoms with Crippen molar-refractivity contribution in [3.8, 4) is 17.3 Å². The zero-order chi connectivity index (χ0) is 30.3. The van der Waals surface area contributed by atoms with Crippen molar-refractivity contribution in [2.45, 2.75) is 25.8 Å². The van der Waals surface area contributed by atoms with E-state index in [-0.39, 0.29) is 37.7 Å². The van der Waals surface area contributed by atoms with Gasteiger partial charge >= 0.3 is 0 Å². The van der Waals surface area contributed by atoms with E-state index < -0.39 is 27.7 Å². The van der Waals surface area contributed by atoms with Crippen molar-refractivity contribution >= 4 is 48.8 Å². The largest absolute Gasteiger partial charge is 0.394 e. The highest BCUT2D eigenvalue weighted by Crippen LogP contribution is 2.40. The Morgan fingerprint density at radius 2 is 1.88 bits per heavy atom. The maximum absolute atomic E-state index is 15.8. The van der Waals surface area contributed by atoms with Gasteiger partial charge < -0.3 is 14.9 Å². The second-order valence-corrected chi connectivity index (χ2v) is 13.5. The number of pyridine rings is 1. The van der Waals surface area contributed by atoms with Gasteiger partial charge in [0.2, 0.25) is 10.0 Å². The first-order valence-electron chi connectivity index (χ1n) is 13.3.